The van der Waals surface area contributed by atoms with Crippen LogP contribution in [-0.4, -0.2) is 9.55 Å². The molecule has 1 heterocycles. The Bertz CT molecular complexity index is 410. The zero-order chi connectivity index (χ0) is 9.26. The number of hydrogen-bond acceptors (Lipinski definition) is 1. The minimum Gasteiger partial charge on any atom is -0.303 e. The molecule has 2 rings (SSSR count). The Morgan fingerprint density at radius 1 is 1.23 bits per heavy atom. The molecule has 13 heavy (non-hydrogen) atoms. The van der Waals surface area contributed by atoms with Crippen molar-refractivity contribution in [2.24, 2.45) is 0 Å². The van der Waals surface area contributed by atoms with Crippen LogP contribution in [0, 0.1) is 11.6 Å². The van der Waals surface area contributed by atoms with E-state index in [-0.39, 0.29) is 5.69 Å². The lowest BCUT2D eigenvalue weighted by Gasteiger charge is -2.02. The number of rotatable bonds is 1. The molecule has 0 aliphatic carbocycles. The fourth-order valence-corrected chi connectivity index (χ4v) is 1.09. The highest BCUT2D eigenvalue weighted by molar-refractivity contribution is 5.33. The first-order valence-electron chi connectivity index (χ1n) is 3.71. The second-order valence-electron chi connectivity index (χ2n) is 2.57. The molecular weight excluding hydrogens is 174 g/mol. The minimum absolute atomic E-state index is 0.164. The number of nitrogens with zero attached hydrogens (tertiary/aromatic N) is 2. The molecule has 0 fully saturated rings. The Morgan fingerprint density at radius 2 is 2.08 bits per heavy atom. The highest BCUT2D eigenvalue weighted by Crippen LogP contribution is 2.13. The largest absolute Gasteiger partial charge is 0.303 e. The van der Waals surface area contributed by atoms with Crippen LogP contribution in [-0.2, 0) is 0 Å². The summed E-state index contributed by atoms with van der Waals surface area (Å²) in [4.78, 5) is 3.74. The molecule has 0 saturated carbocycles. The summed E-state index contributed by atoms with van der Waals surface area (Å²) < 4.78 is 27.3. The molecule has 0 atom stereocenters. The third-order valence-electron chi connectivity index (χ3n) is 1.69. The van der Waals surface area contributed by atoms with E-state index in [0.717, 1.165) is 18.2 Å². The fraction of sp³-hybridized carbons (Fsp3) is 0. The Kier molecular flexibility index (Phi) is 1.81. The van der Waals surface area contributed by atoms with Gasteiger partial charge in [0.15, 0.2) is 0 Å². The molecule has 0 saturated heterocycles. The Balaban J connectivity index is 2.57. The highest BCUT2D eigenvalue weighted by Gasteiger charge is 2.04. The first-order chi connectivity index (χ1) is 6.27. The van der Waals surface area contributed by atoms with Gasteiger partial charge in [0.25, 0.3) is 0 Å². The second kappa shape index (κ2) is 2.97. The van der Waals surface area contributed by atoms with Crippen LogP contribution in [0.2, 0.25) is 0 Å². The molecule has 4 heteroatoms. The van der Waals surface area contributed by atoms with Crippen molar-refractivity contribution in [2.75, 3.05) is 0 Å². The summed E-state index contributed by atoms with van der Waals surface area (Å²) in [5, 5.41) is 0. The van der Waals surface area contributed by atoms with Crippen molar-refractivity contribution in [3.8, 4) is 5.69 Å². The molecule has 0 spiro atoms. The Morgan fingerprint density at radius 3 is 2.77 bits per heavy atom. The van der Waals surface area contributed by atoms with Gasteiger partial charge < -0.3 is 4.57 Å². The summed E-state index contributed by atoms with van der Waals surface area (Å²) in [6.07, 6.45) is 4.47. The van der Waals surface area contributed by atoms with Gasteiger partial charge in [0.1, 0.15) is 11.6 Å². The molecule has 1 aromatic carbocycles. The maximum absolute atomic E-state index is 13.1. The summed E-state index contributed by atoms with van der Waals surface area (Å²) >= 11 is 0. The van der Waals surface area contributed by atoms with Crippen molar-refractivity contribution in [1.82, 2.24) is 9.55 Å². The molecule has 2 aromatic rings. The van der Waals surface area contributed by atoms with Gasteiger partial charge in [0.2, 0.25) is 0 Å². The predicted molar refractivity (Wildman–Crippen MR) is 43.5 cm³/mol. The molecule has 0 bridgehead atoms. The van der Waals surface area contributed by atoms with Crippen LogP contribution in [0.25, 0.3) is 5.69 Å². The van der Waals surface area contributed by atoms with E-state index < -0.39 is 11.6 Å². The number of hydrogen-bond donors (Lipinski definition) is 0. The van der Waals surface area contributed by atoms with Gasteiger partial charge in [0, 0.05) is 18.5 Å². The van der Waals surface area contributed by atoms with E-state index in [1.54, 1.807) is 6.20 Å². The van der Waals surface area contributed by atoms with Gasteiger partial charge in [-0.1, -0.05) is 0 Å². The molecule has 0 radical (unpaired) electrons. The number of imidazole rings is 1. The van der Waals surface area contributed by atoms with E-state index in [1.165, 1.54) is 17.1 Å². The molecule has 0 amide bonds. The third-order valence-corrected chi connectivity index (χ3v) is 1.69. The number of halogens is 2. The molecule has 0 aliphatic rings. The summed E-state index contributed by atoms with van der Waals surface area (Å²) in [6.45, 7) is 0. The summed E-state index contributed by atoms with van der Waals surface area (Å²) in [6, 6.07) is 3.29. The highest BCUT2D eigenvalue weighted by atomic mass is 19.1. The van der Waals surface area contributed by atoms with Crippen LogP contribution in [0.4, 0.5) is 8.78 Å². The van der Waals surface area contributed by atoms with E-state index in [1.807, 2.05) is 0 Å². The topological polar surface area (TPSA) is 17.8 Å². The average Bonchev–Trinajstić information content (AvgIpc) is 2.61. The Hall–Kier alpha value is -1.71. The Labute approximate surface area is 73.5 Å². The fourth-order valence-electron chi connectivity index (χ4n) is 1.09. The quantitative estimate of drug-likeness (QED) is 0.657. The lowest BCUT2D eigenvalue weighted by atomic mass is 10.3. The standard InChI is InChI=1S/C9H6F2N2/c10-7-1-2-8(11)9(5-7)13-4-3-12-6-13/h1-6H. The second-order valence-corrected chi connectivity index (χ2v) is 2.57. The molecular formula is C9H6F2N2. The summed E-state index contributed by atoms with van der Waals surface area (Å²) in [7, 11) is 0. The van der Waals surface area contributed by atoms with Gasteiger partial charge >= 0.3 is 0 Å². The molecule has 0 unspecified atom stereocenters. The first-order valence-corrected chi connectivity index (χ1v) is 3.71. The van der Waals surface area contributed by atoms with Crippen LogP contribution in [0.3, 0.4) is 0 Å². The normalized spacial score (nSPS) is 10.3. The van der Waals surface area contributed by atoms with E-state index in [2.05, 4.69) is 4.98 Å². The van der Waals surface area contributed by atoms with Crippen molar-refractivity contribution >= 4 is 0 Å². The average molecular weight is 180 g/mol. The molecule has 1 aromatic heterocycles. The van der Waals surface area contributed by atoms with Crippen LogP contribution < -0.4 is 0 Å². The van der Waals surface area contributed by atoms with Crippen molar-refractivity contribution in [3.63, 3.8) is 0 Å². The van der Waals surface area contributed by atoms with Crippen LogP contribution in [0.1, 0.15) is 0 Å². The van der Waals surface area contributed by atoms with Gasteiger partial charge in [-0.3, -0.25) is 0 Å². The smallest absolute Gasteiger partial charge is 0.147 e. The minimum atomic E-state index is -0.473. The van der Waals surface area contributed by atoms with Gasteiger partial charge in [-0.25, -0.2) is 13.8 Å². The molecule has 0 aliphatic heterocycles. The SMILES string of the molecule is Fc1ccc(F)c(-n2ccnc2)c1. The van der Waals surface area contributed by atoms with Crippen molar-refractivity contribution in [1.29, 1.82) is 0 Å². The monoisotopic (exact) mass is 180 g/mol. The molecule has 66 valence electrons. The summed E-state index contributed by atoms with van der Waals surface area (Å²) in [5.41, 5.74) is 0.164. The van der Waals surface area contributed by atoms with Crippen LogP contribution >= 0.6 is 0 Å². The van der Waals surface area contributed by atoms with Gasteiger partial charge in [-0.15, -0.1) is 0 Å². The molecule has 0 N–H and O–H groups in total. The van der Waals surface area contributed by atoms with Crippen molar-refractivity contribution < 1.29 is 8.78 Å². The van der Waals surface area contributed by atoms with E-state index in [0.29, 0.717) is 0 Å². The third kappa shape index (κ3) is 1.42. The zero-order valence-electron chi connectivity index (χ0n) is 6.61. The van der Waals surface area contributed by atoms with Gasteiger partial charge in [-0.2, -0.15) is 0 Å². The lowest BCUT2D eigenvalue weighted by molar-refractivity contribution is 0.592. The number of benzene rings is 1. The maximum atomic E-state index is 13.1. The van der Waals surface area contributed by atoms with E-state index in [4.69, 9.17) is 0 Å². The van der Waals surface area contributed by atoms with E-state index in [9.17, 15) is 8.78 Å². The van der Waals surface area contributed by atoms with Crippen molar-refractivity contribution in [2.45, 2.75) is 0 Å². The van der Waals surface area contributed by atoms with Crippen LogP contribution in [0.15, 0.2) is 36.9 Å². The number of aromatic nitrogens is 2. The van der Waals surface area contributed by atoms with Crippen LogP contribution in [0.5, 0.6) is 0 Å². The molecule has 2 nitrogen and oxygen atoms in total. The van der Waals surface area contributed by atoms with E-state index >= 15 is 0 Å². The zero-order valence-corrected chi connectivity index (χ0v) is 6.61. The lowest BCUT2D eigenvalue weighted by Crippen LogP contribution is -1.95. The maximum Gasteiger partial charge on any atom is 0.147 e. The van der Waals surface area contributed by atoms with Crippen molar-refractivity contribution in [3.05, 3.63) is 48.6 Å². The summed E-state index contributed by atoms with van der Waals surface area (Å²) in [5.74, 6) is -0.940. The predicted octanol–water partition coefficient (Wildman–Crippen LogP) is 2.15. The van der Waals surface area contributed by atoms with Gasteiger partial charge in [0.05, 0.1) is 12.0 Å². The van der Waals surface area contributed by atoms with Gasteiger partial charge in [-0.05, 0) is 12.1 Å². The first kappa shape index (κ1) is 7.91.